The second-order valence-electron chi connectivity index (χ2n) is 0.965. The Kier molecular flexibility index (Phi) is 4.78. The standard InChI is InChI=1S/C3H11N3/c1-5-6-3-2-4/h5-6H,2-4H2,1H3. The highest BCUT2D eigenvalue weighted by Gasteiger charge is 1.69. The zero-order valence-corrected chi connectivity index (χ0v) is 3.99. The number of nitrogens with one attached hydrogen (secondary N) is 2. The van der Waals surface area contributed by atoms with Gasteiger partial charge in [-0.05, 0) is 7.05 Å². The summed E-state index contributed by atoms with van der Waals surface area (Å²) in [5.74, 6) is 0. The van der Waals surface area contributed by atoms with E-state index in [0.717, 1.165) is 6.54 Å². The zero-order valence-electron chi connectivity index (χ0n) is 3.99. The van der Waals surface area contributed by atoms with E-state index in [9.17, 15) is 0 Å². The van der Waals surface area contributed by atoms with Crippen LogP contribution >= 0.6 is 0 Å². The van der Waals surface area contributed by atoms with Crippen LogP contribution in [0.1, 0.15) is 0 Å². The summed E-state index contributed by atoms with van der Waals surface area (Å²) < 4.78 is 0. The SMILES string of the molecule is CNNCCN. The summed E-state index contributed by atoms with van der Waals surface area (Å²) in [7, 11) is 1.82. The summed E-state index contributed by atoms with van der Waals surface area (Å²) in [4.78, 5) is 0. The van der Waals surface area contributed by atoms with Crippen molar-refractivity contribution in [2.45, 2.75) is 0 Å². The van der Waals surface area contributed by atoms with E-state index in [0.29, 0.717) is 6.54 Å². The molecular weight excluding hydrogens is 78.1 g/mol. The van der Waals surface area contributed by atoms with E-state index in [1.807, 2.05) is 7.05 Å². The topological polar surface area (TPSA) is 50.1 Å². The third-order valence-corrected chi connectivity index (χ3v) is 0.446. The van der Waals surface area contributed by atoms with Gasteiger partial charge in [-0.2, -0.15) is 0 Å². The average Bonchev–Trinajstić information content (AvgIpc) is 1.61. The Hall–Kier alpha value is -0.120. The van der Waals surface area contributed by atoms with E-state index in [4.69, 9.17) is 5.73 Å². The van der Waals surface area contributed by atoms with E-state index in [-0.39, 0.29) is 0 Å². The first-order chi connectivity index (χ1) is 2.91. The molecule has 0 aromatic heterocycles. The summed E-state index contributed by atoms with van der Waals surface area (Å²) in [6, 6.07) is 0. The van der Waals surface area contributed by atoms with Crippen LogP contribution in [0, 0.1) is 0 Å². The molecule has 0 atom stereocenters. The normalized spacial score (nSPS) is 9.00. The van der Waals surface area contributed by atoms with Gasteiger partial charge in [0.2, 0.25) is 0 Å². The molecule has 0 rings (SSSR count). The first-order valence-electron chi connectivity index (χ1n) is 2.01. The summed E-state index contributed by atoms with van der Waals surface area (Å²) in [6.45, 7) is 1.51. The van der Waals surface area contributed by atoms with Crippen LogP contribution in [-0.2, 0) is 0 Å². The summed E-state index contributed by atoms with van der Waals surface area (Å²) in [5, 5.41) is 0. The van der Waals surface area contributed by atoms with Crippen molar-refractivity contribution in [3.05, 3.63) is 0 Å². The summed E-state index contributed by atoms with van der Waals surface area (Å²) in [5.41, 5.74) is 10.7. The highest BCUT2D eigenvalue weighted by molar-refractivity contribution is 4.33. The van der Waals surface area contributed by atoms with Crippen LogP contribution in [0.15, 0.2) is 0 Å². The molecule has 0 aliphatic rings. The predicted octanol–water partition coefficient (Wildman–Crippen LogP) is -1.33. The number of rotatable bonds is 3. The van der Waals surface area contributed by atoms with E-state index < -0.39 is 0 Å². The fraction of sp³-hybridized carbons (Fsp3) is 1.00. The zero-order chi connectivity index (χ0) is 4.83. The lowest BCUT2D eigenvalue weighted by molar-refractivity contribution is 0.604. The van der Waals surface area contributed by atoms with Crippen molar-refractivity contribution < 1.29 is 0 Å². The first-order valence-corrected chi connectivity index (χ1v) is 2.01. The van der Waals surface area contributed by atoms with E-state index in [2.05, 4.69) is 10.9 Å². The minimum atomic E-state index is 0.681. The van der Waals surface area contributed by atoms with Gasteiger partial charge in [0.1, 0.15) is 0 Å². The van der Waals surface area contributed by atoms with Crippen molar-refractivity contribution in [3.63, 3.8) is 0 Å². The van der Waals surface area contributed by atoms with Crippen LogP contribution < -0.4 is 16.6 Å². The Morgan fingerprint density at radius 3 is 2.50 bits per heavy atom. The Morgan fingerprint density at radius 1 is 1.67 bits per heavy atom. The van der Waals surface area contributed by atoms with Crippen LogP contribution in [0.2, 0.25) is 0 Å². The minimum absolute atomic E-state index is 0.681. The lowest BCUT2D eigenvalue weighted by atomic mass is 10.7. The minimum Gasteiger partial charge on any atom is -0.329 e. The highest BCUT2D eigenvalue weighted by Crippen LogP contribution is 1.38. The van der Waals surface area contributed by atoms with Crippen molar-refractivity contribution in [1.82, 2.24) is 10.9 Å². The molecule has 0 bridgehead atoms. The van der Waals surface area contributed by atoms with Crippen molar-refractivity contribution in [2.75, 3.05) is 20.1 Å². The molecule has 0 heterocycles. The van der Waals surface area contributed by atoms with E-state index >= 15 is 0 Å². The van der Waals surface area contributed by atoms with Gasteiger partial charge in [-0.1, -0.05) is 0 Å². The molecule has 0 fully saturated rings. The van der Waals surface area contributed by atoms with Gasteiger partial charge >= 0.3 is 0 Å². The predicted molar refractivity (Wildman–Crippen MR) is 26.1 cm³/mol. The Morgan fingerprint density at radius 2 is 2.33 bits per heavy atom. The third kappa shape index (κ3) is 3.88. The molecule has 0 aliphatic heterocycles. The van der Waals surface area contributed by atoms with Crippen LogP contribution in [0.4, 0.5) is 0 Å². The highest BCUT2D eigenvalue weighted by atomic mass is 15.3. The maximum absolute atomic E-state index is 5.11. The van der Waals surface area contributed by atoms with Crippen molar-refractivity contribution >= 4 is 0 Å². The molecule has 0 spiro atoms. The molecule has 4 N–H and O–H groups in total. The van der Waals surface area contributed by atoms with Crippen LogP contribution in [0.25, 0.3) is 0 Å². The molecule has 0 amide bonds. The Balaban J connectivity index is 2.34. The second-order valence-corrected chi connectivity index (χ2v) is 0.965. The maximum Gasteiger partial charge on any atom is 0.0223 e. The third-order valence-electron chi connectivity index (χ3n) is 0.446. The van der Waals surface area contributed by atoms with Crippen LogP contribution in [-0.4, -0.2) is 20.1 Å². The lowest BCUT2D eigenvalue weighted by Gasteiger charge is -1.94. The molecule has 0 radical (unpaired) electrons. The molecule has 0 unspecified atom stereocenters. The molecule has 0 saturated carbocycles. The lowest BCUT2D eigenvalue weighted by Crippen LogP contribution is -2.32. The number of hydrogen-bond acceptors (Lipinski definition) is 3. The molecule has 0 aromatic rings. The fourth-order valence-corrected chi connectivity index (χ4v) is 0.197. The smallest absolute Gasteiger partial charge is 0.0223 e. The van der Waals surface area contributed by atoms with Gasteiger partial charge in [-0.15, -0.1) is 0 Å². The quantitative estimate of drug-likeness (QED) is 0.296. The largest absolute Gasteiger partial charge is 0.329 e. The van der Waals surface area contributed by atoms with E-state index in [1.165, 1.54) is 0 Å². The van der Waals surface area contributed by atoms with Gasteiger partial charge in [0.15, 0.2) is 0 Å². The van der Waals surface area contributed by atoms with Gasteiger partial charge in [0.25, 0.3) is 0 Å². The molecule has 0 aromatic carbocycles. The van der Waals surface area contributed by atoms with Crippen LogP contribution in [0.3, 0.4) is 0 Å². The van der Waals surface area contributed by atoms with Gasteiger partial charge in [-0.3, -0.25) is 10.9 Å². The van der Waals surface area contributed by atoms with Gasteiger partial charge in [0.05, 0.1) is 0 Å². The number of hydrogen-bond donors (Lipinski definition) is 3. The Labute approximate surface area is 37.9 Å². The fourth-order valence-electron chi connectivity index (χ4n) is 0.197. The molecule has 6 heavy (non-hydrogen) atoms. The second kappa shape index (κ2) is 4.88. The number of hydrazine groups is 1. The monoisotopic (exact) mass is 89.1 g/mol. The van der Waals surface area contributed by atoms with E-state index in [1.54, 1.807) is 0 Å². The summed E-state index contributed by atoms with van der Waals surface area (Å²) >= 11 is 0. The van der Waals surface area contributed by atoms with Crippen molar-refractivity contribution in [1.29, 1.82) is 0 Å². The van der Waals surface area contributed by atoms with Crippen molar-refractivity contribution in [2.24, 2.45) is 5.73 Å². The maximum atomic E-state index is 5.11. The van der Waals surface area contributed by atoms with Crippen LogP contribution in [0.5, 0.6) is 0 Å². The van der Waals surface area contributed by atoms with Gasteiger partial charge in [-0.25, -0.2) is 0 Å². The average molecular weight is 89.1 g/mol. The van der Waals surface area contributed by atoms with Crippen molar-refractivity contribution in [3.8, 4) is 0 Å². The molecule has 3 nitrogen and oxygen atoms in total. The Bertz CT molecular complexity index is 18.0. The van der Waals surface area contributed by atoms with Gasteiger partial charge < -0.3 is 5.73 Å². The molecule has 3 heteroatoms. The molecular formula is C3H11N3. The molecule has 0 aliphatic carbocycles. The van der Waals surface area contributed by atoms with Gasteiger partial charge in [0, 0.05) is 13.1 Å². The molecule has 0 saturated heterocycles. The summed E-state index contributed by atoms with van der Waals surface area (Å²) in [6.07, 6.45) is 0. The number of nitrogens with two attached hydrogens (primary N) is 1. The first kappa shape index (κ1) is 5.88. The molecule has 38 valence electrons.